The molecular weight excluding hydrogens is 380 g/mol. The number of urea groups is 1. The summed E-state index contributed by atoms with van der Waals surface area (Å²) in [6.45, 7) is 4.24. The maximum absolute atomic E-state index is 12.9. The lowest BCUT2D eigenvalue weighted by Crippen LogP contribution is -2.46. The Morgan fingerprint density at radius 1 is 1.23 bits per heavy atom. The molecule has 2 amide bonds. The number of ether oxygens (including phenoxy) is 1. The van der Waals surface area contributed by atoms with Gasteiger partial charge in [-0.2, -0.15) is 0 Å². The van der Waals surface area contributed by atoms with Crippen LogP contribution in [0.3, 0.4) is 0 Å². The molecule has 8 nitrogen and oxygen atoms in total. The van der Waals surface area contributed by atoms with Crippen LogP contribution in [0, 0.1) is 0 Å². The van der Waals surface area contributed by atoms with Gasteiger partial charge < -0.3 is 19.5 Å². The van der Waals surface area contributed by atoms with E-state index >= 15 is 0 Å². The van der Waals surface area contributed by atoms with Crippen molar-refractivity contribution in [3.8, 4) is 5.75 Å². The van der Waals surface area contributed by atoms with Crippen LogP contribution in [0.5, 0.6) is 5.75 Å². The van der Waals surface area contributed by atoms with Crippen LogP contribution in [0.4, 0.5) is 4.79 Å². The summed E-state index contributed by atoms with van der Waals surface area (Å²) >= 11 is 0. The minimum Gasteiger partial charge on any atom is -0.497 e. The summed E-state index contributed by atoms with van der Waals surface area (Å²) in [5, 5.41) is 11.4. The highest BCUT2D eigenvalue weighted by Gasteiger charge is 2.28. The molecule has 2 aliphatic rings. The van der Waals surface area contributed by atoms with Gasteiger partial charge in [0.25, 0.3) is 0 Å². The van der Waals surface area contributed by atoms with Gasteiger partial charge in [0, 0.05) is 32.6 Å². The first kappa shape index (κ1) is 20.7. The molecule has 1 N–H and O–H groups in total. The van der Waals surface area contributed by atoms with Crippen molar-refractivity contribution in [2.24, 2.45) is 7.05 Å². The molecule has 3 heterocycles. The lowest BCUT2D eigenvalue weighted by atomic mass is 9.96. The average molecular weight is 413 g/mol. The van der Waals surface area contributed by atoms with Gasteiger partial charge in [0.1, 0.15) is 17.9 Å². The fraction of sp³-hybridized carbons (Fsp3) is 0.591. The number of rotatable bonds is 6. The summed E-state index contributed by atoms with van der Waals surface area (Å²) in [6, 6.07) is 8.40. The molecular formula is C22H32N6O2. The normalized spacial score (nSPS) is 19.1. The van der Waals surface area contributed by atoms with E-state index in [9.17, 15) is 4.79 Å². The van der Waals surface area contributed by atoms with Crippen molar-refractivity contribution in [3.05, 3.63) is 42.0 Å². The molecule has 2 fully saturated rings. The first-order valence-corrected chi connectivity index (χ1v) is 10.9. The SMILES string of the molecule is COc1cccc(C(CNC(=O)N2CCC(c3nncn3C)CC2)N2CCCC2)c1. The third kappa shape index (κ3) is 4.59. The largest absolute Gasteiger partial charge is 0.497 e. The van der Waals surface area contributed by atoms with E-state index in [2.05, 4.69) is 32.5 Å². The molecule has 0 aliphatic carbocycles. The van der Waals surface area contributed by atoms with E-state index in [1.165, 1.54) is 18.4 Å². The van der Waals surface area contributed by atoms with E-state index in [4.69, 9.17) is 4.74 Å². The molecule has 0 saturated carbocycles. The summed E-state index contributed by atoms with van der Waals surface area (Å²) < 4.78 is 7.39. The third-order valence-corrected chi connectivity index (χ3v) is 6.40. The van der Waals surface area contributed by atoms with Gasteiger partial charge in [0.05, 0.1) is 13.2 Å². The Bertz CT molecular complexity index is 840. The number of hydrogen-bond acceptors (Lipinski definition) is 5. The fourth-order valence-corrected chi connectivity index (χ4v) is 4.66. The van der Waals surface area contributed by atoms with Crippen LogP contribution in [-0.2, 0) is 7.05 Å². The molecule has 0 bridgehead atoms. The molecule has 1 atom stereocenters. The van der Waals surface area contributed by atoms with E-state index in [0.717, 1.165) is 50.6 Å². The minimum absolute atomic E-state index is 0.0264. The zero-order chi connectivity index (χ0) is 20.9. The molecule has 2 saturated heterocycles. The van der Waals surface area contributed by atoms with Crippen molar-refractivity contribution in [2.75, 3.05) is 39.8 Å². The summed E-state index contributed by atoms with van der Waals surface area (Å²) in [4.78, 5) is 17.3. The number of likely N-dealkylation sites (tertiary alicyclic amines) is 2. The fourth-order valence-electron chi connectivity index (χ4n) is 4.66. The van der Waals surface area contributed by atoms with Crippen LogP contribution in [0.25, 0.3) is 0 Å². The lowest BCUT2D eigenvalue weighted by Gasteiger charge is -2.33. The van der Waals surface area contributed by atoms with E-state index < -0.39 is 0 Å². The van der Waals surface area contributed by atoms with Gasteiger partial charge in [-0.05, 0) is 56.5 Å². The van der Waals surface area contributed by atoms with E-state index in [-0.39, 0.29) is 12.1 Å². The zero-order valence-electron chi connectivity index (χ0n) is 18.0. The van der Waals surface area contributed by atoms with Gasteiger partial charge in [-0.15, -0.1) is 10.2 Å². The minimum atomic E-state index is 0.0264. The van der Waals surface area contributed by atoms with Gasteiger partial charge in [-0.3, -0.25) is 4.90 Å². The summed E-state index contributed by atoms with van der Waals surface area (Å²) in [5.74, 6) is 2.24. The van der Waals surface area contributed by atoms with Crippen LogP contribution < -0.4 is 10.1 Å². The number of hydrogen-bond donors (Lipinski definition) is 1. The Kier molecular flexibility index (Phi) is 6.52. The van der Waals surface area contributed by atoms with E-state index in [1.807, 2.05) is 28.6 Å². The topological polar surface area (TPSA) is 75.5 Å². The molecule has 162 valence electrons. The highest BCUT2D eigenvalue weighted by molar-refractivity contribution is 5.74. The maximum atomic E-state index is 12.9. The van der Waals surface area contributed by atoms with Gasteiger partial charge >= 0.3 is 6.03 Å². The number of benzene rings is 1. The van der Waals surface area contributed by atoms with Crippen LogP contribution in [0.15, 0.2) is 30.6 Å². The second-order valence-electron chi connectivity index (χ2n) is 8.28. The first-order chi connectivity index (χ1) is 14.7. The smallest absolute Gasteiger partial charge is 0.317 e. The van der Waals surface area contributed by atoms with Crippen LogP contribution in [-0.4, -0.2) is 70.4 Å². The summed E-state index contributed by atoms with van der Waals surface area (Å²) in [7, 11) is 3.67. The summed E-state index contributed by atoms with van der Waals surface area (Å²) in [6.07, 6.45) is 6.01. The number of methoxy groups -OCH3 is 1. The number of nitrogens with one attached hydrogen (secondary N) is 1. The number of aromatic nitrogens is 3. The predicted octanol–water partition coefficient (Wildman–Crippen LogP) is 2.55. The van der Waals surface area contributed by atoms with Crippen LogP contribution >= 0.6 is 0 Å². The Morgan fingerprint density at radius 2 is 2.00 bits per heavy atom. The zero-order valence-corrected chi connectivity index (χ0v) is 18.0. The second kappa shape index (κ2) is 9.47. The van der Waals surface area contributed by atoms with Crippen LogP contribution in [0.1, 0.15) is 49.0 Å². The number of aryl methyl sites for hydroxylation is 1. The number of amides is 2. The van der Waals surface area contributed by atoms with Crippen molar-refractivity contribution < 1.29 is 9.53 Å². The Balaban J connectivity index is 1.35. The van der Waals surface area contributed by atoms with Crippen molar-refractivity contribution >= 4 is 6.03 Å². The van der Waals surface area contributed by atoms with Gasteiger partial charge in [-0.1, -0.05) is 12.1 Å². The van der Waals surface area contributed by atoms with Gasteiger partial charge in [0.2, 0.25) is 0 Å². The molecule has 0 spiro atoms. The Hall–Kier alpha value is -2.61. The number of carbonyl (C=O) groups excluding carboxylic acids is 1. The van der Waals surface area contributed by atoms with Crippen molar-refractivity contribution in [1.29, 1.82) is 0 Å². The molecule has 1 aromatic carbocycles. The molecule has 2 aliphatic heterocycles. The second-order valence-corrected chi connectivity index (χ2v) is 8.28. The molecule has 8 heteroatoms. The number of nitrogens with zero attached hydrogens (tertiary/aromatic N) is 5. The number of carbonyl (C=O) groups is 1. The average Bonchev–Trinajstić information content (AvgIpc) is 3.46. The third-order valence-electron chi connectivity index (χ3n) is 6.40. The molecule has 0 radical (unpaired) electrons. The molecule has 30 heavy (non-hydrogen) atoms. The predicted molar refractivity (Wildman–Crippen MR) is 114 cm³/mol. The monoisotopic (exact) mass is 412 g/mol. The quantitative estimate of drug-likeness (QED) is 0.789. The van der Waals surface area contributed by atoms with Crippen molar-refractivity contribution in [3.63, 3.8) is 0 Å². The maximum Gasteiger partial charge on any atom is 0.317 e. The molecule has 1 aromatic heterocycles. The van der Waals surface area contributed by atoms with Crippen LogP contribution in [0.2, 0.25) is 0 Å². The van der Waals surface area contributed by atoms with Crippen molar-refractivity contribution in [1.82, 2.24) is 29.9 Å². The van der Waals surface area contributed by atoms with E-state index in [0.29, 0.717) is 12.5 Å². The highest BCUT2D eigenvalue weighted by Crippen LogP contribution is 2.28. The lowest BCUT2D eigenvalue weighted by molar-refractivity contribution is 0.172. The standard InChI is InChI=1S/C22H32N6O2/c1-26-16-24-25-21(26)17-8-12-28(13-9-17)22(29)23-15-20(27-10-3-4-11-27)18-6-5-7-19(14-18)30-2/h5-7,14,16-17,20H,3-4,8-13,15H2,1-2H3,(H,23,29). The Morgan fingerprint density at radius 3 is 2.67 bits per heavy atom. The molecule has 4 rings (SSSR count). The highest BCUT2D eigenvalue weighted by atomic mass is 16.5. The number of piperidine rings is 1. The van der Waals surface area contributed by atoms with Gasteiger partial charge in [-0.25, -0.2) is 4.79 Å². The van der Waals surface area contributed by atoms with Gasteiger partial charge in [0.15, 0.2) is 0 Å². The van der Waals surface area contributed by atoms with Crippen molar-refractivity contribution in [2.45, 2.75) is 37.6 Å². The molecule has 1 unspecified atom stereocenters. The Labute approximate surface area is 178 Å². The van der Waals surface area contributed by atoms with E-state index in [1.54, 1.807) is 13.4 Å². The molecule has 2 aromatic rings. The first-order valence-electron chi connectivity index (χ1n) is 10.9. The summed E-state index contributed by atoms with van der Waals surface area (Å²) in [5.41, 5.74) is 1.19.